The molecule has 1 fully saturated rings. The molecule has 0 aliphatic heterocycles. The van der Waals surface area contributed by atoms with Crippen LogP contribution in [0.5, 0.6) is 0 Å². The second-order valence-corrected chi connectivity index (χ2v) is 5.83. The summed E-state index contributed by atoms with van der Waals surface area (Å²) in [7, 11) is 0. The van der Waals surface area contributed by atoms with E-state index in [1.165, 1.54) is 32.1 Å². The second kappa shape index (κ2) is 10.00. The molecule has 0 aromatic carbocycles. The van der Waals surface area contributed by atoms with Gasteiger partial charge in [-0.3, -0.25) is 0 Å². The molecule has 2 unspecified atom stereocenters. The van der Waals surface area contributed by atoms with Gasteiger partial charge in [0.25, 0.3) is 0 Å². The molecule has 2 amide bonds. The van der Waals surface area contributed by atoms with Crippen molar-refractivity contribution in [3.8, 4) is 0 Å². The third kappa shape index (κ3) is 7.10. The molecule has 1 rings (SSSR count). The Bertz CT molecular complexity index is 268. The van der Waals surface area contributed by atoms with E-state index in [1.54, 1.807) is 0 Å². The van der Waals surface area contributed by atoms with Gasteiger partial charge >= 0.3 is 6.03 Å². The van der Waals surface area contributed by atoms with Crippen LogP contribution in [-0.2, 0) is 4.74 Å². The molecule has 0 saturated heterocycles. The highest BCUT2D eigenvalue weighted by molar-refractivity contribution is 5.74. The Kier molecular flexibility index (Phi) is 8.62. The zero-order valence-electron chi connectivity index (χ0n) is 12.9. The number of rotatable bonds is 8. The van der Waals surface area contributed by atoms with Crippen LogP contribution in [0.1, 0.15) is 52.4 Å². The van der Waals surface area contributed by atoms with Crippen LogP contribution in [0, 0.1) is 5.92 Å². The average Bonchev–Trinajstić information content (AvgIpc) is 2.47. The van der Waals surface area contributed by atoms with Crippen LogP contribution < -0.4 is 10.6 Å². The molecular weight excluding hydrogens is 256 g/mol. The molecule has 1 aliphatic rings. The van der Waals surface area contributed by atoms with Crippen molar-refractivity contribution in [2.24, 2.45) is 5.92 Å². The van der Waals surface area contributed by atoms with Gasteiger partial charge in [-0.15, -0.1) is 0 Å². The van der Waals surface area contributed by atoms with Crippen molar-refractivity contribution in [1.82, 2.24) is 10.6 Å². The Hall–Kier alpha value is -0.810. The quantitative estimate of drug-likeness (QED) is 0.598. The molecule has 1 aliphatic carbocycles. The highest BCUT2D eigenvalue weighted by Gasteiger charge is 2.14. The molecule has 2 atom stereocenters. The van der Waals surface area contributed by atoms with E-state index in [9.17, 15) is 4.79 Å². The lowest BCUT2D eigenvalue weighted by Gasteiger charge is -2.22. The summed E-state index contributed by atoms with van der Waals surface area (Å²) < 4.78 is 5.80. The van der Waals surface area contributed by atoms with Crippen molar-refractivity contribution in [3.63, 3.8) is 0 Å². The monoisotopic (exact) mass is 286 g/mol. The van der Waals surface area contributed by atoms with E-state index in [2.05, 4.69) is 10.6 Å². The molecular formula is C15H30N2O3. The molecule has 20 heavy (non-hydrogen) atoms. The van der Waals surface area contributed by atoms with Crippen molar-refractivity contribution in [3.05, 3.63) is 0 Å². The van der Waals surface area contributed by atoms with Crippen LogP contribution in [0.15, 0.2) is 0 Å². The highest BCUT2D eigenvalue weighted by atomic mass is 16.5. The number of hydrogen-bond acceptors (Lipinski definition) is 3. The number of aliphatic hydroxyl groups is 1. The number of nitrogens with one attached hydrogen (secondary N) is 2. The molecule has 0 aromatic heterocycles. The van der Waals surface area contributed by atoms with E-state index in [-0.39, 0.29) is 24.6 Å². The number of carbonyl (C=O) groups excluding carboxylic acids is 1. The lowest BCUT2D eigenvalue weighted by molar-refractivity contribution is 0.0275. The van der Waals surface area contributed by atoms with Gasteiger partial charge in [-0.05, 0) is 32.1 Å². The summed E-state index contributed by atoms with van der Waals surface area (Å²) in [4.78, 5) is 11.6. The Morgan fingerprint density at radius 3 is 2.65 bits per heavy atom. The number of amides is 2. The van der Waals surface area contributed by atoms with Crippen molar-refractivity contribution in [2.45, 2.75) is 64.5 Å². The zero-order chi connectivity index (χ0) is 14.8. The molecule has 5 heteroatoms. The van der Waals surface area contributed by atoms with E-state index in [0.29, 0.717) is 19.3 Å². The number of hydrogen-bond donors (Lipinski definition) is 3. The van der Waals surface area contributed by atoms with E-state index < -0.39 is 0 Å². The fourth-order valence-electron chi connectivity index (χ4n) is 2.31. The second-order valence-electron chi connectivity index (χ2n) is 5.83. The fourth-order valence-corrected chi connectivity index (χ4v) is 2.31. The fraction of sp³-hybridized carbons (Fsp3) is 0.933. The Morgan fingerprint density at radius 2 is 2.00 bits per heavy atom. The van der Waals surface area contributed by atoms with E-state index in [0.717, 1.165) is 6.42 Å². The topological polar surface area (TPSA) is 70.6 Å². The summed E-state index contributed by atoms with van der Waals surface area (Å²) in [6, 6.07) is -0.200. The molecule has 0 bridgehead atoms. The minimum Gasteiger partial charge on any atom is -0.396 e. The van der Waals surface area contributed by atoms with Crippen LogP contribution in [-0.4, -0.2) is 43.0 Å². The first-order chi connectivity index (χ1) is 9.63. The Morgan fingerprint density at radius 1 is 1.30 bits per heavy atom. The van der Waals surface area contributed by atoms with Crippen LogP contribution in [0.25, 0.3) is 0 Å². The summed E-state index contributed by atoms with van der Waals surface area (Å²) in [5.74, 6) is 0.0652. The molecule has 3 N–H and O–H groups in total. The first-order valence-corrected chi connectivity index (χ1v) is 7.90. The van der Waals surface area contributed by atoms with Crippen LogP contribution in [0.3, 0.4) is 0 Å². The van der Waals surface area contributed by atoms with Crippen molar-refractivity contribution >= 4 is 6.03 Å². The molecule has 1 saturated carbocycles. The third-order valence-corrected chi connectivity index (χ3v) is 4.01. The lowest BCUT2D eigenvalue weighted by atomic mass is 9.98. The standard InChI is InChI=1S/C15H30N2O3/c1-12(11-18)13(2)17-15(19)16-9-6-10-20-14-7-4-3-5-8-14/h12-14,18H,3-11H2,1-2H3,(H2,16,17,19). The van der Waals surface area contributed by atoms with Gasteiger partial charge < -0.3 is 20.5 Å². The molecule has 0 heterocycles. The van der Waals surface area contributed by atoms with E-state index in [4.69, 9.17) is 9.84 Å². The number of ether oxygens (including phenoxy) is 1. The summed E-state index contributed by atoms with van der Waals surface area (Å²) >= 11 is 0. The molecule has 5 nitrogen and oxygen atoms in total. The van der Waals surface area contributed by atoms with Crippen LogP contribution in [0.4, 0.5) is 4.79 Å². The van der Waals surface area contributed by atoms with Gasteiger partial charge in [0.15, 0.2) is 0 Å². The summed E-state index contributed by atoms with van der Waals surface area (Å²) in [5, 5.41) is 14.6. The minimum absolute atomic E-state index is 0.0292. The maximum Gasteiger partial charge on any atom is 0.315 e. The first-order valence-electron chi connectivity index (χ1n) is 7.90. The van der Waals surface area contributed by atoms with Gasteiger partial charge in [0, 0.05) is 25.8 Å². The maximum atomic E-state index is 11.6. The zero-order valence-corrected chi connectivity index (χ0v) is 12.9. The number of aliphatic hydroxyl groups excluding tert-OH is 1. The number of urea groups is 1. The maximum absolute atomic E-state index is 11.6. The predicted molar refractivity (Wildman–Crippen MR) is 79.7 cm³/mol. The van der Waals surface area contributed by atoms with Crippen molar-refractivity contribution in [1.29, 1.82) is 0 Å². The first kappa shape index (κ1) is 17.2. The van der Waals surface area contributed by atoms with Gasteiger partial charge in [0.2, 0.25) is 0 Å². The van der Waals surface area contributed by atoms with Gasteiger partial charge in [-0.1, -0.05) is 26.2 Å². The smallest absolute Gasteiger partial charge is 0.315 e. The molecule has 0 aromatic rings. The molecule has 0 spiro atoms. The van der Waals surface area contributed by atoms with Crippen molar-refractivity contribution in [2.75, 3.05) is 19.8 Å². The Balaban J connectivity index is 1.98. The summed E-state index contributed by atoms with van der Waals surface area (Å²) in [6.07, 6.45) is 7.55. The van der Waals surface area contributed by atoms with Gasteiger partial charge in [-0.25, -0.2) is 4.79 Å². The predicted octanol–water partition coefficient (Wildman–Crippen LogP) is 2.04. The van der Waals surface area contributed by atoms with Crippen LogP contribution in [0.2, 0.25) is 0 Å². The third-order valence-electron chi connectivity index (χ3n) is 4.01. The summed E-state index contributed by atoms with van der Waals surface area (Å²) in [6.45, 7) is 5.22. The lowest BCUT2D eigenvalue weighted by Crippen LogP contribution is -2.44. The van der Waals surface area contributed by atoms with Gasteiger partial charge in [0.1, 0.15) is 0 Å². The van der Waals surface area contributed by atoms with Crippen LogP contribution >= 0.6 is 0 Å². The molecule has 118 valence electrons. The van der Waals surface area contributed by atoms with Gasteiger partial charge in [-0.2, -0.15) is 0 Å². The van der Waals surface area contributed by atoms with E-state index in [1.807, 2.05) is 13.8 Å². The van der Waals surface area contributed by atoms with Gasteiger partial charge in [0.05, 0.1) is 6.10 Å². The highest BCUT2D eigenvalue weighted by Crippen LogP contribution is 2.20. The Labute approximate surface area is 122 Å². The molecule has 0 radical (unpaired) electrons. The van der Waals surface area contributed by atoms with Crippen molar-refractivity contribution < 1.29 is 14.6 Å². The average molecular weight is 286 g/mol. The van der Waals surface area contributed by atoms with E-state index >= 15 is 0 Å². The normalized spacial score (nSPS) is 19.4. The summed E-state index contributed by atoms with van der Waals surface area (Å²) in [5.41, 5.74) is 0. The largest absolute Gasteiger partial charge is 0.396 e. The SMILES string of the molecule is CC(CO)C(C)NC(=O)NCCCOC1CCCCC1. The number of carbonyl (C=O) groups is 1. The minimum atomic E-state index is -0.171.